The van der Waals surface area contributed by atoms with Crippen LogP contribution in [0.3, 0.4) is 0 Å². The summed E-state index contributed by atoms with van der Waals surface area (Å²) in [5.74, 6) is 2.64. The minimum atomic E-state index is -0.0106. The van der Waals surface area contributed by atoms with Crippen molar-refractivity contribution in [1.29, 1.82) is 0 Å². The van der Waals surface area contributed by atoms with Crippen LogP contribution in [0.5, 0.6) is 11.5 Å². The van der Waals surface area contributed by atoms with Gasteiger partial charge >= 0.3 is 0 Å². The average Bonchev–Trinajstić information content (AvgIpc) is 3.29. The van der Waals surface area contributed by atoms with E-state index in [1.807, 2.05) is 41.3 Å². The first-order valence-corrected chi connectivity index (χ1v) is 9.60. The predicted octanol–water partition coefficient (Wildman–Crippen LogP) is 3.77. The van der Waals surface area contributed by atoms with Crippen LogP contribution in [0.25, 0.3) is 11.4 Å². The number of hydrogen-bond acceptors (Lipinski definition) is 6. The van der Waals surface area contributed by atoms with Crippen molar-refractivity contribution < 1.29 is 18.8 Å². The molecule has 0 atom stereocenters. The highest BCUT2D eigenvalue weighted by Gasteiger charge is 2.29. The number of benzene rings is 2. The fourth-order valence-corrected chi connectivity index (χ4v) is 3.60. The van der Waals surface area contributed by atoms with E-state index in [1.165, 1.54) is 0 Å². The topological polar surface area (TPSA) is 77.7 Å². The summed E-state index contributed by atoms with van der Waals surface area (Å²) in [5, 5.41) is 4.12. The summed E-state index contributed by atoms with van der Waals surface area (Å²) < 4.78 is 16.1. The second-order valence-electron chi connectivity index (χ2n) is 6.95. The highest BCUT2D eigenvalue weighted by atomic mass is 16.5. The van der Waals surface area contributed by atoms with Gasteiger partial charge in [0.05, 0.1) is 19.8 Å². The molecule has 0 N–H and O–H groups in total. The molecule has 29 heavy (non-hydrogen) atoms. The molecule has 1 aliphatic rings. The molecule has 1 aromatic heterocycles. The Morgan fingerprint density at radius 2 is 1.86 bits per heavy atom. The van der Waals surface area contributed by atoms with Crippen LogP contribution in [-0.2, 0) is 0 Å². The number of amides is 1. The summed E-state index contributed by atoms with van der Waals surface area (Å²) in [6.07, 6.45) is 1.56. The van der Waals surface area contributed by atoms with Gasteiger partial charge in [0.25, 0.3) is 5.91 Å². The number of piperidine rings is 1. The standard InChI is InChI=1S/C22H23N3O4/c1-27-17-7-5-6-16(14-17)20-23-21(29-24-20)15-10-12-25(13-11-15)22(26)18-8-3-4-9-19(18)28-2/h3-9,14-15H,10-13H2,1-2H3. The fraction of sp³-hybridized carbons (Fsp3) is 0.318. The third-order valence-electron chi connectivity index (χ3n) is 5.24. The predicted molar refractivity (Wildman–Crippen MR) is 107 cm³/mol. The van der Waals surface area contributed by atoms with E-state index in [0.717, 1.165) is 24.2 Å². The van der Waals surface area contributed by atoms with Gasteiger partial charge in [-0.25, -0.2) is 0 Å². The molecule has 1 fully saturated rings. The fourth-order valence-electron chi connectivity index (χ4n) is 3.60. The number of carbonyl (C=O) groups is 1. The van der Waals surface area contributed by atoms with Gasteiger partial charge in [-0.05, 0) is 37.1 Å². The van der Waals surface area contributed by atoms with E-state index in [9.17, 15) is 4.79 Å². The van der Waals surface area contributed by atoms with Crippen LogP contribution in [0.15, 0.2) is 53.1 Å². The van der Waals surface area contributed by atoms with Gasteiger partial charge in [-0.2, -0.15) is 4.98 Å². The Kier molecular flexibility index (Phi) is 5.46. The molecule has 7 heteroatoms. The summed E-state index contributed by atoms with van der Waals surface area (Å²) in [6, 6.07) is 14.9. The minimum Gasteiger partial charge on any atom is -0.497 e. The van der Waals surface area contributed by atoms with E-state index >= 15 is 0 Å². The lowest BCUT2D eigenvalue weighted by Crippen LogP contribution is -2.38. The van der Waals surface area contributed by atoms with Crippen molar-refractivity contribution >= 4 is 5.91 Å². The van der Waals surface area contributed by atoms with Crippen molar-refractivity contribution in [1.82, 2.24) is 15.0 Å². The summed E-state index contributed by atoms with van der Waals surface area (Å²) in [6.45, 7) is 1.27. The number of hydrogen-bond donors (Lipinski definition) is 0. The number of nitrogens with zero attached hydrogens (tertiary/aromatic N) is 3. The van der Waals surface area contributed by atoms with Crippen molar-refractivity contribution in [3.05, 3.63) is 60.0 Å². The van der Waals surface area contributed by atoms with Gasteiger partial charge < -0.3 is 18.9 Å². The number of carbonyl (C=O) groups excluding carboxylic acids is 1. The summed E-state index contributed by atoms with van der Waals surface area (Å²) in [4.78, 5) is 19.3. The Labute approximate surface area is 169 Å². The van der Waals surface area contributed by atoms with Crippen molar-refractivity contribution in [2.24, 2.45) is 0 Å². The monoisotopic (exact) mass is 393 g/mol. The number of rotatable bonds is 5. The molecular weight excluding hydrogens is 370 g/mol. The van der Waals surface area contributed by atoms with Crippen LogP contribution >= 0.6 is 0 Å². The van der Waals surface area contributed by atoms with Gasteiger partial charge in [-0.1, -0.05) is 29.4 Å². The molecule has 0 aliphatic carbocycles. The van der Waals surface area contributed by atoms with Gasteiger partial charge in [-0.15, -0.1) is 0 Å². The van der Waals surface area contributed by atoms with Crippen LogP contribution in [-0.4, -0.2) is 48.3 Å². The molecule has 4 rings (SSSR count). The smallest absolute Gasteiger partial charge is 0.257 e. The van der Waals surface area contributed by atoms with Crippen molar-refractivity contribution in [2.45, 2.75) is 18.8 Å². The number of para-hydroxylation sites is 1. The lowest BCUT2D eigenvalue weighted by molar-refractivity contribution is 0.0701. The minimum absolute atomic E-state index is 0.0106. The zero-order valence-electron chi connectivity index (χ0n) is 16.5. The van der Waals surface area contributed by atoms with Gasteiger partial charge in [0, 0.05) is 24.6 Å². The van der Waals surface area contributed by atoms with Crippen molar-refractivity contribution in [2.75, 3.05) is 27.3 Å². The number of likely N-dealkylation sites (tertiary alicyclic amines) is 1. The maximum atomic E-state index is 12.9. The van der Waals surface area contributed by atoms with Gasteiger partial charge in [0.15, 0.2) is 0 Å². The lowest BCUT2D eigenvalue weighted by Gasteiger charge is -2.30. The average molecular weight is 393 g/mol. The number of ether oxygens (including phenoxy) is 2. The summed E-state index contributed by atoms with van der Waals surface area (Å²) >= 11 is 0. The maximum Gasteiger partial charge on any atom is 0.257 e. The second-order valence-corrected chi connectivity index (χ2v) is 6.95. The molecule has 0 radical (unpaired) electrons. The molecule has 2 heterocycles. The van der Waals surface area contributed by atoms with Crippen LogP contribution in [0.4, 0.5) is 0 Å². The van der Waals surface area contributed by atoms with E-state index in [1.54, 1.807) is 26.4 Å². The quantitative estimate of drug-likeness (QED) is 0.657. The van der Waals surface area contributed by atoms with Gasteiger partial charge in [-0.3, -0.25) is 4.79 Å². The first kappa shape index (κ1) is 19.0. The highest BCUT2D eigenvalue weighted by molar-refractivity contribution is 5.97. The zero-order valence-corrected chi connectivity index (χ0v) is 16.5. The van der Waals surface area contributed by atoms with Crippen molar-refractivity contribution in [3.63, 3.8) is 0 Å². The Morgan fingerprint density at radius 1 is 1.07 bits per heavy atom. The molecule has 0 spiro atoms. The van der Waals surface area contributed by atoms with E-state index in [2.05, 4.69) is 10.1 Å². The largest absolute Gasteiger partial charge is 0.497 e. The summed E-state index contributed by atoms with van der Waals surface area (Å²) in [5.41, 5.74) is 1.44. The number of methoxy groups -OCH3 is 2. The Bertz CT molecular complexity index is 993. The molecule has 0 unspecified atom stereocenters. The molecule has 7 nitrogen and oxygen atoms in total. The van der Waals surface area contributed by atoms with E-state index in [4.69, 9.17) is 14.0 Å². The molecule has 0 saturated carbocycles. The maximum absolute atomic E-state index is 12.9. The Balaban J connectivity index is 1.42. The van der Waals surface area contributed by atoms with Crippen LogP contribution in [0.2, 0.25) is 0 Å². The number of aromatic nitrogens is 2. The molecule has 1 amide bonds. The van der Waals surface area contributed by atoms with Crippen molar-refractivity contribution in [3.8, 4) is 22.9 Å². The molecule has 150 valence electrons. The van der Waals surface area contributed by atoms with Crippen LogP contribution in [0.1, 0.15) is 35.0 Å². The third kappa shape index (κ3) is 3.94. The van der Waals surface area contributed by atoms with E-state index in [-0.39, 0.29) is 11.8 Å². The zero-order chi connectivity index (χ0) is 20.2. The van der Waals surface area contributed by atoms with E-state index in [0.29, 0.717) is 36.1 Å². The molecule has 2 aromatic carbocycles. The normalized spacial score (nSPS) is 14.6. The lowest BCUT2D eigenvalue weighted by atomic mass is 9.96. The Hall–Kier alpha value is -3.35. The SMILES string of the molecule is COc1cccc(-c2noc(C3CCN(C(=O)c4ccccc4OC)CC3)n2)c1. The highest BCUT2D eigenvalue weighted by Crippen LogP contribution is 2.30. The van der Waals surface area contributed by atoms with E-state index < -0.39 is 0 Å². The molecule has 3 aromatic rings. The third-order valence-corrected chi connectivity index (χ3v) is 5.24. The molecule has 1 aliphatic heterocycles. The second kappa shape index (κ2) is 8.34. The van der Waals surface area contributed by atoms with Gasteiger partial charge in [0.1, 0.15) is 11.5 Å². The van der Waals surface area contributed by atoms with Crippen LogP contribution in [0, 0.1) is 0 Å². The first-order valence-electron chi connectivity index (χ1n) is 9.60. The molecular formula is C22H23N3O4. The summed E-state index contributed by atoms with van der Waals surface area (Å²) in [7, 11) is 3.20. The first-order chi connectivity index (χ1) is 14.2. The van der Waals surface area contributed by atoms with Gasteiger partial charge in [0.2, 0.25) is 11.7 Å². The Morgan fingerprint density at radius 3 is 2.62 bits per heavy atom. The molecule has 1 saturated heterocycles. The van der Waals surface area contributed by atoms with Crippen LogP contribution < -0.4 is 9.47 Å². The molecule has 0 bridgehead atoms.